The first kappa shape index (κ1) is 20.2. The van der Waals surface area contributed by atoms with Crippen LogP contribution in [-0.4, -0.2) is 19.3 Å². The molecule has 0 bridgehead atoms. The molecule has 2 N–H and O–H groups in total. The molecule has 5 nitrogen and oxygen atoms in total. The van der Waals surface area contributed by atoms with E-state index in [0.717, 1.165) is 44.4 Å². The molecule has 2 aromatic carbocycles. The fraction of sp³-hybridized carbons (Fsp3) is 0.227. The van der Waals surface area contributed by atoms with Gasteiger partial charge in [0, 0.05) is 11.4 Å². The summed E-state index contributed by atoms with van der Waals surface area (Å²) in [5, 5.41) is 6.58. The fourth-order valence-electron chi connectivity index (χ4n) is 3.14. The van der Waals surface area contributed by atoms with E-state index in [1.54, 1.807) is 6.07 Å². The molecule has 0 amide bonds. The van der Waals surface area contributed by atoms with Crippen LogP contribution in [-0.2, 0) is 6.54 Å². The summed E-state index contributed by atoms with van der Waals surface area (Å²) in [7, 11) is 0. The predicted molar refractivity (Wildman–Crippen MR) is 115 cm³/mol. The number of benzene rings is 2. The van der Waals surface area contributed by atoms with E-state index in [1.807, 2.05) is 38.1 Å². The second-order valence-electron chi connectivity index (χ2n) is 6.37. The molecule has 30 heavy (non-hydrogen) atoms. The average Bonchev–Trinajstić information content (AvgIpc) is 3.42. The number of ether oxygens (including phenoxy) is 2. The van der Waals surface area contributed by atoms with E-state index in [-0.39, 0.29) is 6.79 Å². The molecule has 5 rings (SSSR count). The molecule has 0 saturated carbocycles. The van der Waals surface area contributed by atoms with Gasteiger partial charge in [-0.15, -0.1) is 11.3 Å². The molecule has 2 aliphatic rings. The second-order valence-corrected chi connectivity index (χ2v) is 7.42. The van der Waals surface area contributed by atoms with Gasteiger partial charge in [0.1, 0.15) is 12.5 Å². The van der Waals surface area contributed by atoms with Gasteiger partial charge in [-0.05, 0) is 41.5 Å². The van der Waals surface area contributed by atoms with Crippen molar-refractivity contribution in [3.05, 3.63) is 64.5 Å². The third-order valence-corrected chi connectivity index (χ3v) is 5.75. The minimum atomic E-state index is -0.855. The first-order valence-corrected chi connectivity index (χ1v) is 10.5. The van der Waals surface area contributed by atoms with Gasteiger partial charge in [-0.1, -0.05) is 26.0 Å². The van der Waals surface area contributed by atoms with E-state index in [2.05, 4.69) is 15.6 Å². The highest BCUT2D eigenvalue weighted by Crippen LogP contribution is 2.37. The Hall–Kier alpha value is -3.13. The number of aliphatic imine (C=N–C) groups is 1. The zero-order valence-electron chi connectivity index (χ0n) is 16.6. The SMILES string of the molecule is CC.Fc1ccc(-c2cc3c(s2)C(NCc2ccc4c(c2)OCO4)=NCN3)cc1F. The quantitative estimate of drug-likeness (QED) is 0.588. The number of anilines is 1. The number of hydrogen-bond donors (Lipinski definition) is 2. The Balaban J connectivity index is 0.00000106. The van der Waals surface area contributed by atoms with Crippen molar-refractivity contribution in [3.63, 3.8) is 0 Å². The summed E-state index contributed by atoms with van der Waals surface area (Å²) in [4.78, 5) is 6.29. The summed E-state index contributed by atoms with van der Waals surface area (Å²) in [5.74, 6) is 0.552. The van der Waals surface area contributed by atoms with E-state index in [4.69, 9.17) is 9.47 Å². The summed E-state index contributed by atoms with van der Waals surface area (Å²) in [5.41, 5.74) is 2.60. The zero-order valence-corrected chi connectivity index (χ0v) is 17.4. The molecule has 0 fully saturated rings. The maximum absolute atomic E-state index is 13.6. The van der Waals surface area contributed by atoms with Crippen molar-refractivity contribution in [2.75, 3.05) is 18.8 Å². The van der Waals surface area contributed by atoms with Crippen molar-refractivity contribution in [1.29, 1.82) is 0 Å². The lowest BCUT2D eigenvalue weighted by Gasteiger charge is -2.16. The topological polar surface area (TPSA) is 54.9 Å². The highest BCUT2D eigenvalue weighted by molar-refractivity contribution is 7.18. The van der Waals surface area contributed by atoms with Crippen LogP contribution in [0, 0.1) is 11.6 Å². The molecule has 0 spiro atoms. The largest absolute Gasteiger partial charge is 0.454 e. The minimum absolute atomic E-state index is 0.246. The molecule has 0 radical (unpaired) electrons. The second kappa shape index (κ2) is 8.71. The molecule has 8 heteroatoms. The maximum Gasteiger partial charge on any atom is 0.231 e. The first-order valence-electron chi connectivity index (χ1n) is 9.68. The van der Waals surface area contributed by atoms with Crippen molar-refractivity contribution in [1.82, 2.24) is 5.32 Å². The minimum Gasteiger partial charge on any atom is -0.454 e. The summed E-state index contributed by atoms with van der Waals surface area (Å²) < 4.78 is 37.5. The number of rotatable bonds is 3. The van der Waals surface area contributed by atoms with Gasteiger partial charge in [0.2, 0.25) is 6.79 Å². The molecule has 156 valence electrons. The number of nitrogens with one attached hydrogen (secondary N) is 2. The van der Waals surface area contributed by atoms with Crippen LogP contribution in [0.3, 0.4) is 0 Å². The molecule has 0 aliphatic carbocycles. The van der Waals surface area contributed by atoms with Gasteiger partial charge >= 0.3 is 0 Å². The number of halogens is 2. The van der Waals surface area contributed by atoms with Crippen molar-refractivity contribution >= 4 is 22.9 Å². The highest BCUT2D eigenvalue weighted by Gasteiger charge is 2.20. The van der Waals surface area contributed by atoms with Crippen molar-refractivity contribution < 1.29 is 18.3 Å². The summed E-state index contributed by atoms with van der Waals surface area (Å²) >= 11 is 1.48. The van der Waals surface area contributed by atoms with Crippen molar-refractivity contribution in [2.24, 2.45) is 4.99 Å². The van der Waals surface area contributed by atoms with Crippen LogP contribution in [0.15, 0.2) is 47.5 Å². The van der Waals surface area contributed by atoms with Crippen LogP contribution >= 0.6 is 11.3 Å². The van der Waals surface area contributed by atoms with Gasteiger partial charge in [-0.2, -0.15) is 0 Å². The van der Waals surface area contributed by atoms with Crippen molar-refractivity contribution in [2.45, 2.75) is 20.4 Å². The highest BCUT2D eigenvalue weighted by atomic mass is 32.1. The van der Waals surface area contributed by atoms with Crippen molar-refractivity contribution in [3.8, 4) is 21.9 Å². The summed E-state index contributed by atoms with van der Waals surface area (Å²) in [6.07, 6.45) is 0. The Morgan fingerprint density at radius 1 is 1.03 bits per heavy atom. The number of hydrogen-bond acceptors (Lipinski definition) is 6. The Bertz CT molecular complexity index is 1100. The number of nitrogens with zero attached hydrogens (tertiary/aromatic N) is 1. The van der Waals surface area contributed by atoms with Gasteiger partial charge < -0.3 is 20.1 Å². The van der Waals surface area contributed by atoms with Gasteiger partial charge in [0.15, 0.2) is 23.1 Å². The lowest BCUT2D eigenvalue weighted by atomic mass is 10.1. The average molecular weight is 429 g/mol. The standard InChI is InChI=1S/C20H15F2N3O2S.C2H6/c21-13-3-2-12(6-14(13)22)18-7-15-19(28-18)20(25-9-24-15)23-8-11-1-4-16-17(5-11)27-10-26-16;1-2/h1-7,24H,8-10H2,(H,23,25);1-2H3. The fourth-order valence-corrected chi connectivity index (χ4v) is 4.25. The summed E-state index contributed by atoms with van der Waals surface area (Å²) in [6.45, 7) is 5.27. The van der Waals surface area contributed by atoms with Crippen LogP contribution in [0.2, 0.25) is 0 Å². The van der Waals surface area contributed by atoms with E-state index in [1.165, 1.54) is 17.4 Å². The molecule has 0 saturated heterocycles. The van der Waals surface area contributed by atoms with Crippen LogP contribution in [0.5, 0.6) is 11.5 Å². The Morgan fingerprint density at radius 3 is 2.70 bits per heavy atom. The van der Waals surface area contributed by atoms with E-state index >= 15 is 0 Å². The van der Waals surface area contributed by atoms with E-state index in [9.17, 15) is 8.78 Å². The normalized spacial score (nSPS) is 13.5. The Kier molecular flexibility index (Phi) is 5.85. The predicted octanol–water partition coefficient (Wildman–Crippen LogP) is 5.37. The Morgan fingerprint density at radius 2 is 1.87 bits per heavy atom. The van der Waals surface area contributed by atoms with Crippen LogP contribution in [0.4, 0.5) is 14.5 Å². The third-order valence-electron chi connectivity index (χ3n) is 4.55. The molecular formula is C22H21F2N3O2S. The molecule has 1 aromatic heterocycles. The zero-order chi connectivity index (χ0) is 21.1. The summed E-state index contributed by atoms with van der Waals surface area (Å²) in [6, 6.07) is 11.7. The lowest BCUT2D eigenvalue weighted by Crippen LogP contribution is -2.27. The maximum atomic E-state index is 13.6. The van der Waals surface area contributed by atoms with Crippen LogP contribution in [0.1, 0.15) is 24.3 Å². The lowest BCUT2D eigenvalue weighted by molar-refractivity contribution is 0.174. The Labute approximate surface area is 177 Å². The number of fused-ring (bicyclic) bond motifs is 2. The van der Waals surface area contributed by atoms with Gasteiger partial charge in [0.25, 0.3) is 0 Å². The van der Waals surface area contributed by atoms with Crippen LogP contribution < -0.4 is 20.1 Å². The number of amidine groups is 1. The molecule has 3 heterocycles. The smallest absolute Gasteiger partial charge is 0.231 e. The number of thiophene rings is 1. The molecule has 2 aliphatic heterocycles. The van der Waals surface area contributed by atoms with Gasteiger partial charge in [-0.25, -0.2) is 13.8 Å². The van der Waals surface area contributed by atoms with Gasteiger partial charge in [0.05, 0.1) is 10.6 Å². The molecule has 3 aromatic rings. The molecular weight excluding hydrogens is 408 g/mol. The van der Waals surface area contributed by atoms with Crippen LogP contribution in [0.25, 0.3) is 10.4 Å². The third kappa shape index (κ3) is 3.95. The molecule has 0 atom stereocenters. The molecule has 0 unspecified atom stereocenters. The van der Waals surface area contributed by atoms with Gasteiger partial charge in [-0.3, -0.25) is 0 Å². The first-order chi connectivity index (χ1) is 14.7. The monoisotopic (exact) mass is 429 g/mol. The van der Waals surface area contributed by atoms with E-state index in [0.29, 0.717) is 18.8 Å². The van der Waals surface area contributed by atoms with E-state index < -0.39 is 11.6 Å².